The molecule has 0 saturated heterocycles. The van der Waals surface area contributed by atoms with Gasteiger partial charge >= 0.3 is 0 Å². The highest BCUT2D eigenvalue weighted by Crippen LogP contribution is 2.23. The number of amides is 1. The molecule has 0 aliphatic rings. The third-order valence-corrected chi connectivity index (χ3v) is 3.06. The highest BCUT2D eigenvalue weighted by atomic mass is 16.1. The molecular weight excluding hydrogens is 252 g/mol. The number of nitrogens with one attached hydrogen (secondary N) is 2. The summed E-state index contributed by atoms with van der Waals surface area (Å²) in [6.07, 6.45) is 1.40. The molecule has 4 nitrogen and oxygen atoms in total. The number of hydrogen-bond acceptors (Lipinski definition) is 2. The number of carbonyl (C=O) groups is 1. The van der Waals surface area contributed by atoms with Gasteiger partial charge in [-0.2, -0.15) is 0 Å². The fourth-order valence-corrected chi connectivity index (χ4v) is 1.81. The molecule has 20 heavy (non-hydrogen) atoms. The molecule has 0 aliphatic heterocycles. The maximum absolute atomic E-state index is 12.0. The van der Waals surface area contributed by atoms with Crippen LogP contribution in [-0.2, 0) is 5.41 Å². The van der Waals surface area contributed by atoms with Crippen molar-refractivity contribution in [1.29, 1.82) is 0 Å². The molecule has 0 atom stereocenters. The van der Waals surface area contributed by atoms with E-state index in [0.29, 0.717) is 5.56 Å². The van der Waals surface area contributed by atoms with Crippen LogP contribution in [0.25, 0.3) is 0 Å². The molecule has 0 radical (unpaired) electrons. The molecule has 0 fully saturated rings. The summed E-state index contributed by atoms with van der Waals surface area (Å²) in [5.74, 6) is -0.246. The first-order valence-corrected chi connectivity index (χ1v) is 6.47. The third-order valence-electron chi connectivity index (χ3n) is 3.06. The zero-order chi connectivity index (χ0) is 14.8. The normalized spacial score (nSPS) is 11.2. The number of H-pyrrole nitrogens is 1. The monoisotopic (exact) mass is 270 g/mol. The van der Waals surface area contributed by atoms with Crippen molar-refractivity contribution in [3.8, 4) is 0 Å². The Morgan fingerprint density at radius 1 is 1.05 bits per heavy atom. The van der Waals surface area contributed by atoms with E-state index in [9.17, 15) is 9.59 Å². The molecule has 0 unspecified atom stereocenters. The highest BCUT2D eigenvalue weighted by Gasteiger charge is 2.13. The molecule has 2 rings (SSSR count). The lowest BCUT2D eigenvalue weighted by molar-refractivity contribution is 0.102. The zero-order valence-electron chi connectivity index (χ0n) is 11.9. The highest BCUT2D eigenvalue weighted by molar-refractivity contribution is 6.03. The summed E-state index contributed by atoms with van der Waals surface area (Å²) >= 11 is 0. The zero-order valence-corrected chi connectivity index (χ0v) is 11.9. The molecule has 104 valence electrons. The minimum absolute atomic E-state index is 0.0848. The number of aromatic amines is 1. The Bertz CT molecular complexity index is 644. The molecule has 0 bridgehead atoms. The van der Waals surface area contributed by atoms with Gasteiger partial charge in [0.1, 0.15) is 0 Å². The second-order valence-electron chi connectivity index (χ2n) is 5.72. The predicted molar refractivity (Wildman–Crippen MR) is 80.2 cm³/mol. The first kappa shape index (κ1) is 14.1. The van der Waals surface area contributed by atoms with Crippen LogP contribution in [0.2, 0.25) is 0 Å². The van der Waals surface area contributed by atoms with Gasteiger partial charge < -0.3 is 10.3 Å². The lowest BCUT2D eigenvalue weighted by Crippen LogP contribution is -2.15. The van der Waals surface area contributed by atoms with E-state index < -0.39 is 0 Å². The van der Waals surface area contributed by atoms with Crippen LogP contribution in [0, 0.1) is 0 Å². The lowest BCUT2D eigenvalue weighted by Gasteiger charge is -2.19. The van der Waals surface area contributed by atoms with Crippen molar-refractivity contribution in [2.24, 2.45) is 0 Å². The number of pyridine rings is 1. The van der Waals surface area contributed by atoms with Crippen LogP contribution in [0.1, 0.15) is 36.7 Å². The molecule has 1 aromatic carbocycles. The van der Waals surface area contributed by atoms with Gasteiger partial charge in [0.15, 0.2) is 0 Å². The van der Waals surface area contributed by atoms with Crippen molar-refractivity contribution in [2.75, 3.05) is 5.32 Å². The van der Waals surface area contributed by atoms with Gasteiger partial charge in [0.05, 0.1) is 5.56 Å². The van der Waals surface area contributed by atoms with Gasteiger partial charge in [-0.05, 0) is 29.2 Å². The Labute approximate surface area is 117 Å². The molecule has 0 spiro atoms. The van der Waals surface area contributed by atoms with Crippen molar-refractivity contribution in [3.63, 3.8) is 0 Å². The minimum atomic E-state index is -0.246. The van der Waals surface area contributed by atoms with Gasteiger partial charge in [-0.3, -0.25) is 9.59 Å². The summed E-state index contributed by atoms with van der Waals surface area (Å²) < 4.78 is 0. The summed E-state index contributed by atoms with van der Waals surface area (Å²) in [6, 6.07) is 10.6. The second kappa shape index (κ2) is 5.33. The number of hydrogen-bond donors (Lipinski definition) is 2. The van der Waals surface area contributed by atoms with Crippen LogP contribution < -0.4 is 10.9 Å². The summed E-state index contributed by atoms with van der Waals surface area (Å²) in [5.41, 5.74) is 2.22. The van der Waals surface area contributed by atoms with E-state index in [1.54, 1.807) is 0 Å². The third kappa shape index (κ3) is 3.35. The van der Waals surface area contributed by atoms with Crippen LogP contribution in [0.5, 0.6) is 0 Å². The summed E-state index contributed by atoms with van der Waals surface area (Å²) in [6.45, 7) is 6.42. The molecule has 4 heteroatoms. The molecule has 2 aromatic rings. The van der Waals surface area contributed by atoms with Crippen molar-refractivity contribution in [1.82, 2.24) is 4.98 Å². The number of aromatic nitrogens is 1. The predicted octanol–water partition coefficient (Wildman–Crippen LogP) is 2.92. The van der Waals surface area contributed by atoms with Crippen molar-refractivity contribution >= 4 is 11.6 Å². The lowest BCUT2D eigenvalue weighted by atomic mass is 9.87. The minimum Gasteiger partial charge on any atom is -0.328 e. The van der Waals surface area contributed by atoms with Gasteiger partial charge in [-0.25, -0.2) is 0 Å². The average molecular weight is 270 g/mol. The SMILES string of the molecule is CC(C)(C)c1ccc(NC(=O)c2ccc(=O)[nH]c2)cc1. The molecule has 1 amide bonds. The Hall–Kier alpha value is -2.36. The Morgan fingerprint density at radius 3 is 2.20 bits per heavy atom. The summed E-state index contributed by atoms with van der Waals surface area (Å²) in [4.78, 5) is 25.4. The fourth-order valence-electron chi connectivity index (χ4n) is 1.81. The second-order valence-corrected chi connectivity index (χ2v) is 5.72. The molecule has 1 aromatic heterocycles. The van der Waals surface area contributed by atoms with Crippen LogP contribution in [-0.4, -0.2) is 10.9 Å². The average Bonchev–Trinajstić information content (AvgIpc) is 2.39. The molecule has 2 N–H and O–H groups in total. The van der Waals surface area contributed by atoms with E-state index in [-0.39, 0.29) is 16.9 Å². The fraction of sp³-hybridized carbons (Fsp3) is 0.250. The number of carbonyl (C=O) groups excluding carboxylic acids is 1. The standard InChI is InChI=1S/C16H18N2O2/c1-16(2,3)12-5-7-13(8-6-12)18-15(20)11-4-9-14(19)17-10-11/h4-10H,1-3H3,(H,17,19)(H,18,20). The summed E-state index contributed by atoms with van der Waals surface area (Å²) in [7, 11) is 0. The molecule has 0 aliphatic carbocycles. The van der Waals surface area contributed by atoms with Crippen molar-refractivity contribution in [3.05, 3.63) is 64.1 Å². The Balaban J connectivity index is 2.12. The van der Waals surface area contributed by atoms with Crippen molar-refractivity contribution in [2.45, 2.75) is 26.2 Å². The van der Waals surface area contributed by atoms with Gasteiger partial charge in [-0.1, -0.05) is 32.9 Å². The molecular formula is C16H18N2O2. The van der Waals surface area contributed by atoms with Gasteiger partial charge in [0.25, 0.3) is 5.91 Å². The van der Waals surface area contributed by atoms with E-state index in [4.69, 9.17) is 0 Å². The first-order valence-electron chi connectivity index (χ1n) is 6.47. The largest absolute Gasteiger partial charge is 0.328 e. The van der Waals surface area contributed by atoms with Crippen molar-refractivity contribution < 1.29 is 4.79 Å². The van der Waals surface area contributed by atoms with Crippen LogP contribution in [0.15, 0.2) is 47.4 Å². The maximum Gasteiger partial charge on any atom is 0.257 e. The Kier molecular flexibility index (Phi) is 3.74. The summed E-state index contributed by atoms with van der Waals surface area (Å²) in [5, 5.41) is 2.80. The van der Waals surface area contributed by atoms with Gasteiger partial charge in [0, 0.05) is 18.0 Å². The van der Waals surface area contributed by atoms with Gasteiger partial charge in [0.2, 0.25) is 5.56 Å². The number of benzene rings is 1. The first-order chi connectivity index (χ1) is 9.36. The topological polar surface area (TPSA) is 62.0 Å². The van der Waals surface area contributed by atoms with E-state index in [1.807, 2.05) is 24.3 Å². The van der Waals surface area contributed by atoms with Crippen LogP contribution >= 0.6 is 0 Å². The van der Waals surface area contributed by atoms with E-state index in [1.165, 1.54) is 23.9 Å². The van der Waals surface area contributed by atoms with E-state index >= 15 is 0 Å². The van der Waals surface area contributed by atoms with E-state index in [2.05, 4.69) is 31.1 Å². The van der Waals surface area contributed by atoms with E-state index in [0.717, 1.165) is 5.69 Å². The smallest absolute Gasteiger partial charge is 0.257 e. The molecule has 0 saturated carbocycles. The van der Waals surface area contributed by atoms with Crippen LogP contribution in [0.4, 0.5) is 5.69 Å². The van der Waals surface area contributed by atoms with Crippen LogP contribution in [0.3, 0.4) is 0 Å². The quantitative estimate of drug-likeness (QED) is 0.881. The maximum atomic E-state index is 12.0. The van der Waals surface area contributed by atoms with Gasteiger partial charge in [-0.15, -0.1) is 0 Å². The number of anilines is 1. The molecule has 1 heterocycles. The Morgan fingerprint density at radius 2 is 1.70 bits per heavy atom. The number of rotatable bonds is 2.